The molecule has 2 nitrogen and oxygen atoms in total. The lowest BCUT2D eigenvalue weighted by Gasteiger charge is -2.04. The van der Waals surface area contributed by atoms with Gasteiger partial charge in [0.15, 0.2) is 6.19 Å². The summed E-state index contributed by atoms with van der Waals surface area (Å²) in [5.41, 5.74) is 0.816. The Hall–Kier alpha value is -0.970. The van der Waals surface area contributed by atoms with E-state index in [2.05, 4.69) is 25.7 Å². The largest absolute Gasteiger partial charge is 0.297 e. The molecule has 0 atom stereocenters. The maximum atomic E-state index is 8.18. The summed E-state index contributed by atoms with van der Waals surface area (Å²) in [5.74, 6) is 0.678. The van der Waals surface area contributed by atoms with Gasteiger partial charge in [0.05, 0.1) is 0 Å². The van der Waals surface area contributed by atoms with E-state index < -0.39 is 0 Å². The molecule has 0 saturated heterocycles. The fourth-order valence-electron chi connectivity index (χ4n) is 0.604. The number of hydrogen-bond acceptors (Lipinski definition) is 2. The van der Waals surface area contributed by atoms with E-state index in [4.69, 9.17) is 5.26 Å². The first kappa shape index (κ1) is 9.03. The SMILES string of the molecule is C=C(CCC(C)C)NC#N. The fraction of sp³-hybridized carbons (Fsp3) is 0.625. The molecule has 0 aliphatic rings. The Morgan fingerprint density at radius 2 is 2.30 bits per heavy atom. The lowest BCUT2D eigenvalue weighted by Crippen LogP contribution is -2.04. The van der Waals surface area contributed by atoms with Crippen LogP contribution in [0.3, 0.4) is 0 Å². The van der Waals surface area contributed by atoms with Crippen LogP contribution in [-0.2, 0) is 0 Å². The molecule has 0 unspecified atom stereocenters. The van der Waals surface area contributed by atoms with Crippen LogP contribution in [0.15, 0.2) is 12.3 Å². The maximum Gasteiger partial charge on any atom is 0.181 e. The fourth-order valence-corrected chi connectivity index (χ4v) is 0.604. The van der Waals surface area contributed by atoms with E-state index in [9.17, 15) is 0 Å². The number of rotatable bonds is 4. The van der Waals surface area contributed by atoms with Gasteiger partial charge in [-0.05, 0) is 18.8 Å². The molecule has 0 amide bonds. The van der Waals surface area contributed by atoms with Gasteiger partial charge < -0.3 is 0 Å². The van der Waals surface area contributed by atoms with Crippen LogP contribution < -0.4 is 5.32 Å². The minimum absolute atomic E-state index is 0.678. The summed E-state index contributed by atoms with van der Waals surface area (Å²) in [4.78, 5) is 0. The number of nitrogens with zero attached hydrogens (tertiary/aromatic N) is 1. The minimum atomic E-state index is 0.678. The predicted octanol–water partition coefficient (Wildman–Crippen LogP) is 2.01. The molecule has 2 heteroatoms. The van der Waals surface area contributed by atoms with Crippen LogP contribution in [0, 0.1) is 17.4 Å². The van der Waals surface area contributed by atoms with E-state index >= 15 is 0 Å². The van der Waals surface area contributed by atoms with Crippen LogP contribution in [0.1, 0.15) is 26.7 Å². The van der Waals surface area contributed by atoms with Crippen molar-refractivity contribution in [3.05, 3.63) is 12.3 Å². The monoisotopic (exact) mass is 138 g/mol. The molecule has 0 saturated carbocycles. The van der Waals surface area contributed by atoms with Crippen molar-refractivity contribution < 1.29 is 0 Å². The Bertz CT molecular complexity index is 142. The first-order chi connectivity index (χ1) is 4.66. The van der Waals surface area contributed by atoms with E-state index in [1.165, 1.54) is 0 Å². The second-order valence-electron chi connectivity index (χ2n) is 2.77. The van der Waals surface area contributed by atoms with E-state index in [1.54, 1.807) is 0 Å². The molecule has 1 N–H and O–H groups in total. The Balaban J connectivity index is 3.33. The summed E-state index contributed by atoms with van der Waals surface area (Å²) < 4.78 is 0. The van der Waals surface area contributed by atoms with Crippen molar-refractivity contribution in [3.8, 4) is 6.19 Å². The van der Waals surface area contributed by atoms with Crippen molar-refractivity contribution >= 4 is 0 Å². The normalized spacial score (nSPS) is 9.00. The first-order valence-electron chi connectivity index (χ1n) is 3.49. The highest BCUT2D eigenvalue weighted by Crippen LogP contribution is 2.06. The summed E-state index contributed by atoms with van der Waals surface area (Å²) >= 11 is 0. The van der Waals surface area contributed by atoms with Crippen molar-refractivity contribution in [2.45, 2.75) is 26.7 Å². The lowest BCUT2D eigenvalue weighted by atomic mass is 10.1. The van der Waals surface area contributed by atoms with Gasteiger partial charge in [0, 0.05) is 5.70 Å². The molecule has 0 spiro atoms. The minimum Gasteiger partial charge on any atom is -0.297 e. The summed E-state index contributed by atoms with van der Waals surface area (Å²) in [6.45, 7) is 7.99. The van der Waals surface area contributed by atoms with E-state index in [1.807, 2.05) is 6.19 Å². The zero-order valence-corrected chi connectivity index (χ0v) is 6.65. The van der Waals surface area contributed by atoms with Crippen LogP contribution in [0.25, 0.3) is 0 Å². The summed E-state index contributed by atoms with van der Waals surface area (Å²) in [5, 5.41) is 10.7. The van der Waals surface area contributed by atoms with Gasteiger partial charge in [-0.1, -0.05) is 20.4 Å². The molecule has 56 valence electrons. The molecule has 0 aliphatic carbocycles. The van der Waals surface area contributed by atoms with Crippen molar-refractivity contribution in [2.75, 3.05) is 0 Å². The number of nitrogens with one attached hydrogen (secondary N) is 1. The van der Waals surface area contributed by atoms with Gasteiger partial charge in [-0.15, -0.1) is 0 Å². The van der Waals surface area contributed by atoms with Crippen LogP contribution in [-0.4, -0.2) is 0 Å². The second kappa shape index (κ2) is 4.87. The Kier molecular flexibility index (Phi) is 4.39. The third-order valence-corrected chi connectivity index (χ3v) is 1.26. The average molecular weight is 138 g/mol. The number of allylic oxidation sites excluding steroid dienone is 1. The quantitative estimate of drug-likeness (QED) is 0.476. The molecule has 0 fully saturated rings. The van der Waals surface area contributed by atoms with Crippen LogP contribution in [0.5, 0.6) is 0 Å². The topological polar surface area (TPSA) is 35.8 Å². The summed E-state index contributed by atoms with van der Waals surface area (Å²) in [6.07, 6.45) is 3.83. The standard InChI is InChI=1S/C8H14N2/c1-7(2)4-5-8(3)10-6-9/h7,10H,3-5H2,1-2H3. The highest BCUT2D eigenvalue weighted by Gasteiger charge is 1.95. The van der Waals surface area contributed by atoms with Gasteiger partial charge in [0.1, 0.15) is 0 Å². The Morgan fingerprint density at radius 1 is 1.70 bits per heavy atom. The second-order valence-corrected chi connectivity index (χ2v) is 2.77. The van der Waals surface area contributed by atoms with Gasteiger partial charge in [-0.3, -0.25) is 5.32 Å². The van der Waals surface area contributed by atoms with Crippen molar-refractivity contribution in [3.63, 3.8) is 0 Å². The van der Waals surface area contributed by atoms with Crippen LogP contribution in [0.4, 0.5) is 0 Å². The van der Waals surface area contributed by atoms with Crippen LogP contribution in [0.2, 0.25) is 0 Å². The van der Waals surface area contributed by atoms with E-state index in [0.29, 0.717) is 5.92 Å². The molecule has 0 aromatic carbocycles. The molecule has 0 aliphatic heterocycles. The van der Waals surface area contributed by atoms with E-state index in [0.717, 1.165) is 18.5 Å². The molecule has 0 aromatic heterocycles. The molecular formula is C8H14N2. The van der Waals surface area contributed by atoms with Gasteiger partial charge in [-0.25, -0.2) is 0 Å². The molecule has 0 bridgehead atoms. The summed E-state index contributed by atoms with van der Waals surface area (Å²) in [7, 11) is 0. The third kappa shape index (κ3) is 5.17. The average Bonchev–Trinajstić information content (AvgIpc) is 1.85. The predicted molar refractivity (Wildman–Crippen MR) is 42.0 cm³/mol. The van der Waals surface area contributed by atoms with Gasteiger partial charge >= 0.3 is 0 Å². The van der Waals surface area contributed by atoms with Gasteiger partial charge in [0.25, 0.3) is 0 Å². The molecule has 0 aromatic rings. The molecule has 0 radical (unpaired) electrons. The smallest absolute Gasteiger partial charge is 0.181 e. The van der Waals surface area contributed by atoms with E-state index in [-0.39, 0.29) is 0 Å². The Labute approximate surface area is 62.5 Å². The van der Waals surface area contributed by atoms with Crippen molar-refractivity contribution in [2.24, 2.45) is 5.92 Å². The maximum absolute atomic E-state index is 8.18. The highest BCUT2D eigenvalue weighted by atomic mass is 14.9. The molecule has 0 rings (SSSR count). The number of hydrogen-bond donors (Lipinski definition) is 1. The van der Waals surface area contributed by atoms with Crippen molar-refractivity contribution in [1.82, 2.24) is 5.32 Å². The van der Waals surface area contributed by atoms with Gasteiger partial charge in [-0.2, -0.15) is 5.26 Å². The lowest BCUT2D eigenvalue weighted by molar-refractivity contribution is 0.578. The van der Waals surface area contributed by atoms with Crippen LogP contribution >= 0.6 is 0 Å². The van der Waals surface area contributed by atoms with Crippen molar-refractivity contribution in [1.29, 1.82) is 5.26 Å². The molecular weight excluding hydrogens is 124 g/mol. The highest BCUT2D eigenvalue weighted by molar-refractivity contribution is 4.96. The van der Waals surface area contributed by atoms with Gasteiger partial charge in [0.2, 0.25) is 0 Å². The summed E-state index contributed by atoms with van der Waals surface area (Å²) in [6, 6.07) is 0. The third-order valence-electron chi connectivity index (χ3n) is 1.26. The zero-order chi connectivity index (χ0) is 7.98. The number of nitriles is 1. The Morgan fingerprint density at radius 3 is 2.70 bits per heavy atom. The molecule has 0 heterocycles. The first-order valence-corrected chi connectivity index (χ1v) is 3.49. The zero-order valence-electron chi connectivity index (χ0n) is 6.65. The molecule has 10 heavy (non-hydrogen) atoms.